The van der Waals surface area contributed by atoms with Crippen LogP contribution in [0.4, 0.5) is 0 Å². The molecule has 0 bridgehead atoms. The summed E-state index contributed by atoms with van der Waals surface area (Å²) in [5.41, 5.74) is 0. The van der Waals surface area contributed by atoms with Gasteiger partial charge in [-0.2, -0.15) is 0 Å². The van der Waals surface area contributed by atoms with Gasteiger partial charge in [-0.1, -0.05) is 6.92 Å². The summed E-state index contributed by atoms with van der Waals surface area (Å²) < 4.78 is 5.37. The Morgan fingerprint density at radius 1 is 1.50 bits per heavy atom. The van der Waals surface area contributed by atoms with Gasteiger partial charge in [-0.05, 0) is 24.7 Å². The van der Waals surface area contributed by atoms with Crippen molar-refractivity contribution in [2.45, 2.75) is 38.4 Å². The van der Waals surface area contributed by atoms with Crippen LogP contribution in [0.2, 0.25) is 0 Å². The molecule has 12 heavy (non-hydrogen) atoms. The van der Waals surface area contributed by atoms with Crippen LogP contribution in [-0.2, 0) is 9.53 Å². The van der Waals surface area contributed by atoms with Crippen molar-refractivity contribution >= 4 is 5.97 Å². The average Bonchev–Trinajstić information content (AvgIpc) is 2.65. The van der Waals surface area contributed by atoms with Gasteiger partial charge in [0.25, 0.3) is 0 Å². The van der Waals surface area contributed by atoms with Crippen LogP contribution in [0.25, 0.3) is 0 Å². The summed E-state index contributed by atoms with van der Waals surface area (Å²) in [6.45, 7) is 2.13. The summed E-state index contributed by atoms with van der Waals surface area (Å²) in [5, 5.41) is 8.64. The summed E-state index contributed by atoms with van der Waals surface area (Å²) in [6.07, 6.45) is 3.18. The number of hydrogen-bond acceptors (Lipinski definition) is 2. The van der Waals surface area contributed by atoms with E-state index in [2.05, 4.69) is 6.92 Å². The van der Waals surface area contributed by atoms with E-state index < -0.39 is 5.97 Å². The SMILES string of the molecule is CC1CC2OC2CC1CC(=O)O. The van der Waals surface area contributed by atoms with Gasteiger partial charge in [0.15, 0.2) is 0 Å². The molecule has 1 heterocycles. The average molecular weight is 170 g/mol. The van der Waals surface area contributed by atoms with Crippen molar-refractivity contribution in [1.29, 1.82) is 0 Å². The van der Waals surface area contributed by atoms with E-state index in [1.54, 1.807) is 0 Å². The number of fused-ring (bicyclic) bond motifs is 1. The first kappa shape index (κ1) is 8.05. The fourth-order valence-electron chi connectivity index (χ4n) is 2.19. The van der Waals surface area contributed by atoms with E-state index in [9.17, 15) is 4.79 Å². The highest BCUT2D eigenvalue weighted by atomic mass is 16.6. The highest BCUT2D eigenvalue weighted by Crippen LogP contribution is 2.43. The molecule has 0 radical (unpaired) electrons. The molecule has 2 rings (SSSR count). The third kappa shape index (κ3) is 1.46. The van der Waals surface area contributed by atoms with Crippen molar-refractivity contribution in [3.63, 3.8) is 0 Å². The molecule has 4 atom stereocenters. The minimum absolute atomic E-state index is 0.313. The first-order chi connectivity index (χ1) is 5.66. The molecule has 1 saturated carbocycles. The van der Waals surface area contributed by atoms with Crippen LogP contribution in [0.15, 0.2) is 0 Å². The standard InChI is InChI=1S/C9H14O3/c1-5-2-7-8(12-7)3-6(5)4-9(10)11/h5-8H,2-4H2,1H3,(H,10,11). The van der Waals surface area contributed by atoms with Gasteiger partial charge in [-0.15, -0.1) is 0 Å². The lowest BCUT2D eigenvalue weighted by molar-refractivity contribution is -0.138. The number of carboxylic acid groups (broad SMARTS) is 1. The van der Waals surface area contributed by atoms with Gasteiger partial charge in [0.1, 0.15) is 0 Å². The quantitative estimate of drug-likeness (QED) is 0.635. The second kappa shape index (κ2) is 2.73. The van der Waals surface area contributed by atoms with E-state index in [0.29, 0.717) is 30.5 Å². The van der Waals surface area contributed by atoms with Crippen LogP contribution in [0.5, 0.6) is 0 Å². The first-order valence-electron chi connectivity index (χ1n) is 4.54. The predicted octanol–water partition coefficient (Wildman–Crippen LogP) is 1.27. The monoisotopic (exact) mass is 170 g/mol. The molecule has 4 unspecified atom stereocenters. The maximum Gasteiger partial charge on any atom is 0.303 e. The lowest BCUT2D eigenvalue weighted by Gasteiger charge is -2.24. The molecule has 3 nitrogen and oxygen atoms in total. The summed E-state index contributed by atoms with van der Waals surface area (Å²) in [4.78, 5) is 10.5. The summed E-state index contributed by atoms with van der Waals surface area (Å²) in [6, 6.07) is 0. The van der Waals surface area contributed by atoms with Crippen molar-refractivity contribution in [3.05, 3.63) is 0 Å². The Morgan fingerprint density at radius 2 is 2.17 bits per heavy atom. The molecular formula is C9H14O3. The van der Waals surface area contributed by atoms with Gasteiger partial charge >= 0.3 is 5.97 Å². The van der Waals surface area contributed by atoms with Crippen molar-refractivity contribution in [2.24, 2.45) is 11.8 Å². The third-order valence-electron chi connectivity index (χ3n) is 3.07. The largest absolute Gasteiger partial charge is 0.481 e. The molecule has 68 valence electrons. The highest BCUT2D eigenvalue weighted by Gasteiger charge is 2.47. The van der Waals surface area contributed by atoms with Crippen LogP contribution >= 0.6 is 0 Å². The maximum absolute atomic E-state index is 10.5. The molecule has 1 aliphatic heterocycles. The highest BCUT2D eigenvalue weighted by molar-refractivity contribution is 5.67. The summed E-state index contributed by atoms with van der Waals surface area (Å²) in [5.74, 6) is 0.182. The molecule has 2 fully saturated rings. The van der Waals surface area contributed by atoms with E-state index in [1.807, 2.05) is 0 Å². The van der Waals surface area contributed by atoms with E-state index in [4.69, 9.17) is 9.84 Å². The number of hydrogen-bond donors (Lipinski definition) is 1. The van der Waals surface area contributed by atoms with Gasteiger partial charge in [-0.3, -0.25) is 4.79 Å². The van der Waals surface area contributed by atoms with Gasteiger partial charge in [0.05, 0.1) is 12.2 Å². The van der Waals surface area contributed by atoms with Crippen LogP contribution in [-0.4, -0.2) is 23.3 Å². The van der Waals surface area contributed by atoms with Gasteiger partial charge < -0.3 is 9.84 Å². The number of carbonyl (C=O) groups is 1. The zero-order valence-corrected chi connectivity index (χ0v) is 7.19. The molecule has 1 saturated heterocycles. The third-order valence-corrected chi connectivity index (χ3v) is 3.07. The Labute approximate surface area is 71.7 Å². The van der Waals surface area contributed by atoms with Gasteiger partial charge in [0, 0.05) is 6.42 Å². The number of aliphatic carboxylic acids is 1. The fraction of sp³-hybridized carbons (Fsp3) is 0.889. The Kier molecular flexibility index (Phi) is 1.83. The normalized spacial score (nSPS) is 45.1. The molecule has 0 aromatic heterocycles. The number of ether oxygens (including phenoxy) is 1. The van der Waals surface area contributed by atoms with Crippen molar-refractivity contribution in [3.8, 4) is 0 Å². The summed E-state index contributed by atoms with van der Waals surface area (Å²) in [7, 11) is 0. The molecule has 3 heteroatoms. The molecule has 1 N–H and O–H groups in total. The minimum atomic E-state index is -0.675. The maximum atomic E-state index is 10.5. The molecular weight excluding hydrogens is 156 g/mol. The van der Waals surface area contributed by atoms with Crippen LogP contribution < -0.4 is 0 Å². The lowest BCUT2D eigenvalue weighted by Crippen LogP contribution is -2.24. The Morgan fingerprint density at radius 3 is 2.83 bits per heavy atom. The Bertz CT molecular complexity index is 202. The second-order valence-corrected chi connectivity index (χ2v) is 4.02. The van der Waals surface area contributed by atoms with Gasteiger partial charge in [-0.25, -0.2) is 0 Å². The number of carboxylic acids is 1. The molecule has 0 aromatic rings. The van der Waals surface area contributed by atoms with E-state index >= 15 is 0 Å². The van der Waals surface area contributed by atoms with Crippen LogP contribution in [0.1, 0.15) is 26.2 Å². The zero-order chi connectivity index (χ0) is 8.72. The number of rotatable bonds is 2. The van der Waals surface area contributed by atoms with Gasteiger partial charge in [0.2, 0.25) is 0 Å². The Balaban J connectivity index is 1.91. The molecule has 1 aliphatic carbocycles. The smallest absolute Gasteiger partial charge is 0.303 e. The minimum Gasteiger partial charge on any atom is -0.481 e. The van der Waals surface area contributed by atoms with Crippen molar-refractivity contribution in [1.82, 2.24) is 0 Å². The Hall–Kier alpha value is -0.570. The molecule has 0 amide bonds. The van der Waals surface area contributed by atoms with Crippen molar-refractivity contribution < 1.29 is 14.6 Å². The van der Waals surface area contributed by atoms with Crippen LogP contribution in [0.3, 0.4) is 0 Å². The van der Waals surface area contributed by atoms with Crippen LogP contribution in [0, 0.1) is 11.8 Å². The van der Waals surface area contributed by atoms with E-state index in [-0.39, 0.29) is 0 Å². The number of epoxide rings is 1. The van der Waals surface area contributed by atoms with Crippen molar-refractivity contribution in [2.75, 3.05) is 0 Å². The molecule has 0 spiro atoms. The zero-order valence-electron chi connectivity index (χ0n) is 7.19. The molecule has 0 aromatic carbocycles. The van der Waals surface area contributed by atoms with E-state index in [0.717, 1.165) is 12.8 Å². The lowest BCUT2D eigenvalue weighted by atomic mass is 9.79. The molecule has 2 aliphatic rings. The van der Waals surface area contributed by atoms with E-state index in [1.165, 1.54) is 0 Å². The topological polar surface area (TPSA) is 49.8 Å². The summed E-state index contributed by atoms with van der Waals surface area (Å²) >= 11 is 0. The second-order valence-electron chi connectivity index (χ2n) is 4.02. The fourth-order valence-corrected chi connectivity index (χ4v) is 2.19. The first-order valence-corrected chi connectivity index (χ1v) is 4.54. The predicted molar refractivity (Wildman–Crippen MR) is 42.8 cm³/mol.